The van der Waals surface area contributed by atoms with Gasteiger partial charge in [-0.3, -0.25) is 9.36 Å². The van der Waals surface area contributed by atoms with Crippen molar-refractivity contribution in [2.24, 2.45) is 0 Å². The standard InChI is InChI=1S/C46H57N6O11P/c1-32(2)52(33(3)4)64(61-28-12-25-48)63-42-40(62-44(43(42)59-31-58-30-57-27-11-24-47)51-26-23-41(49-34(5)53)50-45(51)54)29-60-46(35-13-9-8-10-14-35,36-15-19-38(55-6)20-16-36)37-17-21-39(56-7)22-18-37/h8-10,13-23,26,32-33,40,42-44H,11-12,27-31H2,1-7H3,(H,49,50,53,54)/t40-,42?,43?,44-,64?/m1/s1. The largest absolute Gasteiger partial charge is 0.497 e. The quantitative estimate of drug-likeness (QED) is 0.0308. The molecule has 18 heteroatoms. The summed E-state index contributed by atoms with van der Waals surface area (Å²) in [5, 5.41) is 21.0. The fourth-order valence-electron chi connectivity index (χ4n) is 7.30. The third-order valence-corrected chi connectivity index (χ3v) is 12.2. The minimum Gasteiger partial charge on any atom is -0.497 e. The smallest absolute Gasteiger partial charge is 0.351 e. The molecular formula is C46H57N6O11P. The molecule has 1 aliphatic heterocycles. The molecule has 1 N–H and O–H groups in total. The number of anilines is 1. The van der Waals surface area contributed by atoms with Gasteiger partial charge in [-0.25, -0.2) is 9.46 Å². The van der Waals surface area contributed by atoms with Gasteiger partial charge in [0.15, 0.2) is 6.23 Å². The van der Waals surface area contributed by atoms with E-state index in [-0.39, 0.29) is 64.1 Å². The molecule has 5 rings (SSSR count). The average molecular weight is 901 g/mol. The van der Waals surface area contributed by atoms with Crippen LogP contribution in [0, 0.1) is 22.7 Å². The predicted molar refractivity (Wildman–Crippen MR) is 237 cm³/mol. The van der Waals surface area contributed by atoms with Gasteiger partial charge in [0.25, 0.3) is 8.53 Å². The van der Waals surface area contributed by atoms with Gasteiger partial charge in [0.1, 0.15) is 54.8 Å². The number of nitriles is 2. The van der Waals surface area contributed by atoms with Crippen molar-refractivity contribution >= 4 is 20.3 Å². The van der Waals surface area contributed by atoms with Crippen LogP contribution in [0.5, 0.6) is 11.5 Å². The molecule has 3 aromatic carbocycles. The highest BCUT2D eigenvalue weighted by molar-refractivity contribution is 7.44. The van der Waals surface area contributed by atoms with E-state index < -0.39 is 50.3 Å². The van der Waals surface area contributed by atoms with Gasteiger partial charge in [0.05, 0.1) is 59.0 Å². The van der Waals surface area contributed by atoms with E-state index in [1.807, 2.05) is 113 Å². The Hall–Kier alpha value is -5.30. The van der Waals surface area contributed by atoms with Crippen molar-refractivity contribution in [2.45, 2.75) is 89.7 Å². The van der Waals surface area contributed by atoms with Crippen LogP contribution < -0.4 is 20.5 Å². The first kappa shape index (κ1) is 49.7. The Morgan fingerprint density at radius 2 is 1.44 bits per heavy atom. The molecular weight excluding hydrogens is 844 g/mol. The van der Waals surface area contributed by atoms with E-state index in [2.05, 4.69) is 21.0 Å². The SMILES string of the molecule is COc1ccc(C(OC[C@H]2O[C@@H](n3ccc(NC(C)=O)nc3=O)C(OCOCOCCC#N)C2OP(OCCC#N)N(C(C)C)C(C)C)(c2ccccc2)c2ccc(OC)cc2)cc1. The van der Waals surface area contributed by atoms with E-state index >= 15 is 0 Å². The van der Waals surface area contributed by atoms with Crippen LogP contribution in [0.1, 0.15) is 70.4 Å². The number of carbonyl (C=O) groups is 1. The molecule has 342 valence electrons. The number of carbonyl (C=O) groups excluding carboxylic acids is 1. The summed E-state index contributed by atoms with van der Waals surface area (Å²) < 4.78 is 59.7. The van der Waals surface area contributed by atoms with Crippen molar-refractivity contribution < 1.29 is 47.0 Å². The van der Waals surface area contributed by atoms with Crippen LogP contribution >= 0.6 is 8.53 Å². The maximum atomic E-state index is 13.8. The number of ether oxygens (including phenoxy) is 7. The van der Waals surface area contributed by atoms with E-state index in [0.29, 0.717) is 11.5 Å². The number of hydrogen-bond acceptors (Lipinski definition) is 15. The van der Waals surface area contributed by atoms with Gasteiger partial charge in [0, 0.05) is 25.2 Å². The Labute approximate surface area is 375 Å². The van der Waals surface area contributed by atoms with E-state index in [1.54, 1.807) is 14.2 Å². The van der Waals surface area contributed by atoms with E-state index in [1.165, 1.54) is 23.8 Å². The van der Waals surface area contributed by atoms with Gasteiger partial charge in [-0.2, -0.15) is 15.5 Å². The Morgan fingerprint density at radius 1 is 0.844 bits per heavy atom. The highest BCUT2D eigenvalue weighted by Gasteiger charge is 2.51. The van der Waals surface area contributed by atoms with Crippen molar-refractivity contribution in [3.8, 4) is 23.6 Å². The predicted octanol–water partition coefficient (Wildman–Crippen LogP) is 7.03. The van der Waals surface area contributed by atoms with Gasteiger partial charge in [-0.15, -0.1) is 0 Å². The molecule has 1 aliphatic rings. The summed E-state index contributed by atoms with van der Waals surface area (Å²) in [6.07, 6.45) is -2.47. The number of nitrogens with one attached hydrogen (secondary N) is 1. The summed E-state index contributed by atoms with van der Waals surface area (Å²) in [5.41, 5.74) is 0.351. The van der Waals surface area contributed by atoms with Crippen LogP contribution in [0.4, 0.5) is 5.82 Å². The van der Waals surface area contributed by atoms with Crippen LogP contribution in [0.15, 0.2) is 95.9 Å². The zero-order valence-corrected chi connectivity index (χ0v) is 38.1. The highest BCUT2D eigenvalue weighted by atomic mass is 31.2. The Kier molecular flexibility index (Phi) is 19.2. The second-order valence-corrected chi connectivity index (χ2v) is 16.5. The van der Waals surface area contributed by atoms with Crippen LogP contribution in [-0.4, -0.2) is 98.2 Å². The van der Waals surface area contributed by atoms with Gasteiger partial charge < -0.3 is 47.5 Å². The third kappa shape index (κ3) is 12.7. The van der Waals surface area contributed by atoms with Crippen LogP contribution in [0.2, 0.25) is 0 Å². The molecule has 4 aromatic rings. The molecule has 0 bridgehead atoms. The van der Waals surface area contributed by atoms with Gasteiger partial charge >= 0.3 is 5.69 Å². The minimum atomic E-state index is -1.91. The summed E-state index contributed by atoms with van der Waals surface area (Å²) in [4.78, 5) is 29.8. The van der Waals surface area contributed by atoms with Crippen LogP contribution in [0.3, 0.4) is 0 Å². The first-order chi connectivity index (χ1) is 31.0. The number of benzene rings is 3. The van der Waals surface area contributed by atoms with Crippen molar-refractivity contribution in [2.75, 3.05) is 52.9 Å². The summed E-state index contributed by atoms with van der Waals surface area (Å²) in [6.45, 7) is 9.02. The van der Waals surface area contributed by atoms with Crippen molar-refractivity contribution in [1.82, 2.24) is 14.2 Å². The van der Waals surface area contributed by atoms with Crippen LogP contribution in [0.25, 0.3) is 0 Å². The van der Waals surface area contributed by atoms with Crippen LogP contribution in [-0.2, 0) is 43.1 Å². The monoisotopic (exact) mass is 900 g/mol. The van der Waals surface area contributed by atoms with Gasteiger partial charge in [0.2, 0.25) is 5.91 Å². The molecule has 64 heavy (non-hydrogen) atoms. The number of hydrogen-bond donors (Lipinski definition) is 1. The lowest BCUT2D eigenvalue weighted by Crippen LogP contribution is -2.43. The molecule has 17 nitrogen and oxygen atoms in total. The van der Waals surface area contributed by atoms with Gasteiger partial charge in [-0.05, 0) is 74.7 Å². The summed E-state index contributed by atoms with van der Waals surface area (Å²) in [5.74, 6) is 0.965. The van der Waals surface area contributed by atoms with E-state index in [9.17, 15) is 14.9 Å². The second kappa shape index (κ2) is 24.7. The maximum absolute atomic E-state index is 13.8. The number of methoxy groups -OCH3 is 2. The van der Waals surface area contributed by atoms with Gasteiger partial charge in [-0.1, -0.05) is 54.6 Å². The molecule has 1 fully saturated rings. The lowest BCUT2D eigenvalue weighted by atomic mass is 9.80. The molecule has 0 saturated carbocycles. The van der Waals surface area contributed by atoms with E-state index in [0.717, 1.165) is 16.7 Å². The lowest BCUT2D eigenvalue weighted by Gasteiger charge is -2.39. The molecule has 1 amide bonds. The summed E-state index contributed by atoms with van der Waals surface area (Å²) >= 11 is 0. The number of rotatable bonds is 25. The second-order valence-electron chi connectivity index (χ2n) is 15.1. The Balaban J connectivity index is 1.66. The minimum absolute atomic E-state index is 0.0558. The molecule has 3 unspecified atom stereocenters. The van der Waals surface area contributed by atoms with Crippen molar-refractivity contribution in [3.05, 3.63) is 118 Å². The number of nitrogens with zero attached hydrogens (tertiary/aromatic N) is 5. The lowest BCUT2D eigenvalue weighted by molar-refractivity contribution is -0.174. The molecule has 5 atom stereocenters. The average Bonchev–Trinajstić information content (AvgIpc) is 3.62. The zero-order chi connectivity index (χ0) is 46.1. The third-order valence-electron chi connectivity index (χ3n) is 10.1. The molecule has 0 radical (unpaired) electrons. The number of amides is 1. The summed E-state index contributed by atoms with van der Waals surface area (Å²) in [6, 6.07) is 30.5. The fraction of sp³-hybridized carbons (Fsp3) is 0.457. The van der Waals surface area contributed by atoms with E-state index in [4.69, 9.17) is 47.5 Å². The first-order valence-corrected chi connectivity index (χ1v) is 22.0. The highest BCUT2D eigenvalue weighted by Crippen LogP contribution is 2.51. The number of aromatic nitrogens is 2. The topological polar surface area (TPSA) is 198 Å². The normalized spacial score (nSPS) is 17.9. The molecule has 1 aromatic heterocycles. The summed E-state index contributed by atoms with van der Waals surface area (Å²) in [7, 11) is 1.30. The van der Waals surface area contributed by atoms with Crippen molar-refractivity contribution in [3.63, 3.8) is 0 Å². The molecule has 0 spiro atoms. The first-order valence-electron chi connectivity index (χ1n) is 20.9. The van der Waals surface area contributed by atoms with Crippen molar-refractivity contribution in [1.29, 1.82) is 10.5 Å². The molecule has 2 heterocycles. The zero-order valence-electron chi connectivity index (χ0n) is 37.2. The Morgan fingerprint density at radius 3 is 1.98 bits per heavy atom. The molecule has 1 saturated heterocycles. The Bertz CT molecular complexity index is 2140. The maximum Gasteiger partial charge on any atom is 0.351 e. The molecule has 0 aliphatic carbocycles. The fourth-order valence-corrected chi connectivity index (χ4v) is 9.07.